The normalized spacial score (nSPS) is 42.2. The highest BCUT2D eigenvalue weighted by molar-refractivity contribution is 5.81. The molecule has 2 N–H and O–H groups in total. The molecule has 4 atom stereocenters. The van der Waals surface area contributed by atoms with Gasteiger partial charge in [0.2, 0.25) is 0 Å². The second kappa shape index (κ2) is 2.72. The van der Waals surface area contributed by atoms with E-state index in [2.05, 4.69) is 0 Å². The topological polar surface area (TPSA) is 74.6 Å². The highest BCUT2D eigenvalue weighted by atomic mass is 16.4. The first-order chi connectivity index (χ1) is 6.11. The Balaban J connectivity index is 2.24. The first kappa shape index (κ1) is 8.53. The van der Waals surface area contributed by atoms with Crippen molar-refractivity contribution in [2.24, 2.45) is 23.7 Å². The summed E-state index contributed by atoms with van der Waals surface area (Å²) < 4.78 is 0. The molecular formula is C9H12O4. The molecule has 72 valence electrons. The molecule has 0 aromatic heterocycles. The van der Waals surface area contributed by atoms with Gasteiger partial charge < -0.3 is 10.2 Å². The molecule has 2 bridgehead atoms. The molecule has 0 heterocycles. The van der Waals surface area contributed by atoms with Gasteiger partial charge in [0.1, 0.15) is 0 Å². The van der Waals surface area contributed by atoms with Crippen LogP contribution in [0.15, 0.2) is 0 Å². The zero-order chi connectivity index (χ0) is 9.59. The maximum absolute atomic E-state index is 10.8. The average molecular weight is 184 g/mol. The van der Waals surface area contributed by atoms with Crippen molar-refractivity contribution in [2.45, 2.75) is 19.3 Å². The predicted molar refractivity (Wildman–Crippen MR) is 43.1 cm³/mol. The van der Waals surface area contributed by atoms with Gasteiger partial charge in [-0.3, -0.25) is 9.59 Å². The Labute approximate surface area is 75.6 Å². The summed E-state index contributed by atoms with van der Waals surface area (Å²) in [4.78, 5) is 21.7. The lowest BCUT2D eigenvalue weighted by Crippen LogP contribution is -2.34. The number of fused-ring (bicyclic) bond motifs is 2. The Hall–Kier alpha value is -1.06. The maximum Gasteiger partial charge on any atom is 0.307 e. The van der Waals surface area contributed by atoms with E-state index < -0.39 is 23.8 Å². The number of rotatable bonds is 2. The van der Waals surface area contributed by atoms with Gasteiger partial charge in [0.15, 0.2) is 0 Å². The minimum Gasteiger partial charge on any atom is -0.481 e. The van der Waals surface area contributed by atoms with Crippen LogP contribution in [0.3, 0.4) is 0 Å². The molecule has 0 spiro atoms. The standard InChI is InChI=1S/C9H12O4/c10-8(11)6-4-1-2-5(3-4)7(6)9(12)13/h4-7H,1-3H2,(H,10,11)(H,12,13)/t4-,5+,6?,7?. The summed E-state index contributed by atoms with van der Waals surface area (Å²) in [6.07, 6.45) is 2.59. The summed E-state index contributed by atoms with van der Waals surface area (Å²) in [7, 11) is 0. The van der Waals surface area contributed by atoms with Gasteiger partial charge in [0.05, 0.1) is 11.8 Å². The smallest absolute Gasteiger partial charge is 0.307 e. The van der Waals surface area contributed by atoms with Crippen LogP contribution < -0.4 is 0 Å². The van der Waals surface area contributed by atoms with E-state index in [0.29, 0.717) is 0 Å². The van der Waals surface area contributed by atoms with Crippen LogP contribution in [0.25, 0.3) is 0 Å². The number of aliphatic carboxylic acids is 2. The van der Waals surface area contributed by atoms with E-state index >= 15 is 0 Å². The van der Waals surface area contributed by atoms with Crippen LogP contribution in [0, 0.1) is 23.7 Å². The van der Waals surface area contributed by atoms with Gasteiger partial charge in [0, 0.05) is 0 Å². The van der Waals surface area contributed by atoms with Gasteiger partial charge >= 0.3 is 11.9 Å². The summed E-state index contributed by atoms with van der Waals surface area (Å²) >= 11 is 0. The Morgan fingerprint density at radius 1 is 0.923 bits per heavy atom. The van der Waals surface area contributed by atoms with Gasteiger partial charge in [-0.05, 0) is 31.1 Å². The third-order valence-electron chi connectivity index (χ3n) is 3.49. The summed E-state index contributed by atoms with van der Waals surface area (Å²) in [5, 5.41) is 17.8. The highest BCUT2D eigenvalue weighted by Gasteiger charge is 2.54. The van der Waals surface area contributed by atoms with Crippen molar-refractivity contribution in [1.29, 1.82) is 0 Å². The molecular weight excluding hydrogens is 172 g/mol. The van der Waals surface area contributed by atoms with Crippen molar-refractivity contribution >= 4 is 11.9 Å². The molecule has 0 aliphatic heterocycles. The lowest BCUT2D eigenvalue weighted by atomic mass is 9.79. The predicted octanol–water partition coefficient (Wildman–Crippen LogP) is 0.818. The van der Waals surface area contributed by atoms with Crippen LogP contribution in [-0.2, 0) is 9.59 Å². The molecule has 0 aromatic rings. The average Bonchev–Trinajstić information content (AvgIpc) is 2.60. The first-order valence-electron chi connectivity index (χ1n) is 4.57. The van der Waals surface area contributed by atoms with E-state index in [1.54, 1.807) is 0 Å². The number of carboxylic acid groups (broad SMARTS) is 2. The highest BCUT2D eigenvalue weighted by Crippen LogP contribution is 2.52. The van der Waals surface area contributed by atoms with E-state index in [4.69, 9.17) is 10.2 Å². The van der Waals surface area contributed by atoms with Crippen LogP contribution >= 0.6 is 0 Å². The van der Waals surface area contributed by atoms with Crippen LogP contribution in [0.2, 0.25) is 0 Å². The molecule has 4 nitrogen and oxygen atoms in total. The summed E-state index contributed by atoms with van der Waals surface area (Å²) in [6.45, 7) is 0. The zero-order valence-corrected chi connectivity index (χ0v) is 7.14. The Bertz CT molecular complexity index is 234. The van der Waals surface area contributed by atoms with Crippen molar-refractivity contribution in [3.05, 3.63) is 0 Å². The van der Waals surface area contributed by atoms with Gasteiger partial charge in [-0.1, -0.05) is 0 Å². The van der Waals surface area contributed by atoms with E-state index in [1.807, 2.05) is 0 Å². The largest absolute Gasteiger partial charge is 0.481 e. The monoisotopic (exact) mass is 184 g/mol. The Kier molecular flexibility index (Phi) is 1.78. The van der Waals surface area contributed by atoms with Crippen LogP contribution in [-0.4, -0.2) is 22.2 Å². The first-order valence-corrected chi connectivity index (χ1v) is 4.57. The fraction of sp³-hybridized carbons (Fsp3) is 0.778. The van der Waals surface area contributed by atoms with E-state index in [1.165, 1.54) is 0 Å². The lowest BCUT2D eigenvalue weighted by Gasteiger charge is -2.24. The number of carbonyl (C=O) groups is 2. The maximum atomic E-state index is 10.8. The zero-order valence-electron chi connectivity index (χ0n) is 7.14. The third kappa shape index (κ3) is 1.12. The number of hydrogen-bond acceptors (Lipinski definition) is 2. The SMILES string of the molecule is O=C(O)C1C(C(=O)O)[C@H]2CC[C@@H]1C2. The molecule has 2 aliphatic carbocycles. The molecule has 0 aromatic carbocycles. The fourth-order valence-electron chi connectivity index (χ4n) is 3.00. The molecule has 2 fully saturated rings. The molecule has 0 amide bonds. The molecule has 2 unspecified atom stereocenters. The molecule has 0 saturated heterocycles. The van der Waals surface area contributed by atoms with Crippen molar-refractivity contribution in [1.82, 2.24) is 0 Å². The Morgan fingerprint density at radius 3 is 1.62 bits per heavy atom. The van der Waals surface area contributed by atoms with Crippen LogP contribution in [0.4, 0.5) is 0 Å². The molecule has 2 aliphatic rings. The van der Waals surface area contributed by atoms with Crippen molar-refractivity contribution in [3.63, 3.8) is 0 Å². The fourth-order valence-corrected chi connectivity index (χ4v) is 3.00. The van der Waals surface area contributed by atoms with E-state index in [0.717, 1.165) is 19.3 Å². The number of hydrogen-bond donors (Lipinski definition) is 2. The number of carboxylic acids is 2. The van der Waals surface area contributed by atoms with E-state index in [-0.39, 0.29) is 11.8 Å². The summed E-state index contributed by atoms with van der Waals surface area (Å²) in [6, 6.07) is 0. The summed E-state index contributed by atoms with van der Waals surface area (Å²) in [5.41, 5.74) is 0. The van der Waals surface area contributed by atoms with E-state index in [9.17, 15) is 9.59 Å². The molecule has 4 heteroatoms. The van der Waals surface area contributed by atoms with Crippen LogP contribution in [0.5, 0.6) is 0 Å². The summed E-state index contributed by atoms with van der Waals surface area (Å²) in [5.74, 6) is -2.89. The van der Waals surface area contributed by atoms with Crippen molar-refractivity contribution in [2.75, 3.05) is 0 Å². The Morgan fingerprint density at radius 2 is 1.31 bits per heavy atom. The minimum absolute atomic E-state index is 0.114. The quantitative estimate of drug-likeness (QED) is 0.666. The third-order valence-corrected chi connectivity index (χ3v) is 3.49. The minimum atomic E-state index is -0.931. The molecule has 0 radical (unpaired) electrons. The van der Waals surface area contributed by atoms with Crippen molar-refractivity contribution in [3.8, 4) is 0 Å². The van der Waals surface area contributed by atoms with Gasteiger partial charge in [0.25, 0.3) is 0 Å². The van der Waals surface area contributed by atoms with Gasteiger partial charge in [-0.25, -0.2) is 0 Å². The second-order valence-corrected chi connectivity index (χ2v) is 4.06. The van der Waals surface area contributed by atoms with Crippen molar-refractivity contribution < 1.29 is 19.8 Å². The molecule has 2 saturated carbocycles. The van der Waals surface area contributed by atoms with Gasteiger partial charge in [-0.15, -0.1) is 0 Å². The molecule has 13 heavy (non-hydrogen) atoms. The van der Waals surface area contributed by atoms with Gasteiger partial charge in [-0.2, -0.15) is 0 Å². The molecule has 2 rings (SSSR count). The lowest BCUT2D eigenvalue weighted by molar-refractivity contribution is -0.156. The van der Waals surface area contributed by atoms with Crippen LogP contribution in [0.1, 0.15) is 19.3 Å². The second-order valence-electron chi connectivity index (χ2n) is 4.06.